The molecule has 0 heterocycles. The van der Waals surface area contributed by atoms with E-state index in [0.29, 0.717) is 29.4 Å². The molecule has 20 heavy (non-hydrogen) atoms. The zero-order valence-corrected chi connectivity index (χ0v) is 13.1. The average Bonchev–Trinajstić information content (AvgIpc) is 2.39. The molecule has 0 aliphatic rings. The van der Waals surface area contributed by atoms with E-state index in [1.165, 1.54) is 0 Å². The van der Waals surface area contributed by atoms with Gasteiger partial charge in [0.25, 0.3) is 5.91 Å². The predicted molar refractivity (Wildman–Crippen MR) is 82.2 cm³/mol. The number of hydrogen-bond donors (Lipinski definition) is 1. The van der Waals surface area contributed by atoms with Gasteiger partial charge >= 0.3 is 0 Å². The quantitative estimate of drug-likeness (QED) is 0.905. The summed E-state index contributed by atoms with van der Waals surface area (Å²) in [5.41, 5.74) is 1.06. The molecule has 2 amide bonds. The molecule has 0 radical (unpaired) electrons. The summed E-state index contributed by atoms with van der Waals surface area (Å²) >= 11 is 6.15. The monoisotopic (exact) mass is 296 g/mol. The van der Waals surface area contributed by atoms with Gasteiger partial charge in [-0.15, -0.1) is 0 Å². The Bertz CT molecular complexity index is 497. The smallest absolute Gasteiger partial charge is 0.255 e. The van der Waals surface area contributed by atoms with Gasteiger partial charge in [-0.25, -0.2) is 0 Å². The van der Waals surface area contributed by atoms with Crippen LogP contribution < -0.4 is 5.32 Å². The third-order valence-corrected chi connectivity index (χ3v) is 3.35. The lowest BCUT2D eigenvalue weighted by Gasteiger charge is -2.19. The van der Waals surface area contributed by atoms with Crippen LogP contribution in [0.3, 0.4) is 0 Å². The van der Waals surface area contributed by atoms with Crippen LogP contribution in [0.4, 0.5) is 5.69 Å². The zero-order chi connectivity index (χ0) is 15.3. The molecule has 1 aromatic carbocycles. The van der Waals surface area contributed by atoms with Crippen LogP contribution >= 0.6 is 11.6 Å². The van der Waals surface area contributed by atoms with Gasteiger partial charge in [-0.1, -0.05) is 25.4 Å². The van der Waals surface area contributed by atoms with Crippen molar-refractivity contribution in [3.05, 3.63) is 28.8 Å². The number of carbonyl (C=O) groups is 2. The van der Waals surface area contributed by atoms with Gasteiger partial charge in [0.2, 0.25) is 5.91 Å². The van der Waals surface area contributed by atoms with Crippen LogP contribution in [0.2, 0.25) is 5.02 Å². The highest BCUT2D eigenvalue weighted by Gasteiger charge is 2.16. The molecular weight excluding hydrogens is 276 g/mol. The lowest BCUT2D eigenvalue weighted by atomic mass is 10.1. The number of rotatable bonds is 5. The highest BCUT2D eigenvalue weighted by Crippen LogP contribution is 2.22. The van der Waals surface area contributed by atoms with Crippen molar-refractivity contribution in [3.63, 3.8) is 0 Å². The molecule has 0 aliphatic heterocycles. The molecule has 0 aliphatic carbocycles. The Labute approximate surface area is 125 Å². The van der Waals surface area contributed by atoms with Crippen molar-refractivity contribution in [1.29, 1.82) is 0 Å². The van der Waals surface area contributed by atoms with Crippen LogP contribution in [0.15, 0.2) is 18.2 Å². The highest BCUT2D eigenvalue weighted by molar-refractivity contribution is 6.34. The maximum Gasteiger partial charge on any atom is 0.255 e. The summed E-state index contributed by atoms with van der Waals surface area (Å²) in [6, 6.07) is 4.96. The van der Waals surface area contributed by atoms with Crippen molar-refractivity contribution in [2.45, 2.75) is 27.7 Å². The van der Waals surface area contributed by atoms with Gasteiger partial charge in [-0.2, -0.15) is 0 Å². The summed E-state index contributed by atoms with van der Waals surface area (Å²) in [4.78, 5) is 25.5. The van der Waals surface area contributed by atoms with Crippen molar-refractivity contribution in [2.24, 2.45) is 5.92 Å². The topological polar surface area (TPSA) is 49.4 Å². The van der Waals surface area contributed by atoms with Crippen LogP contribution in [0.25, 0.3) is 0 Å². The van der Waals surface area contributed by atoms with E-state index in [-0.39, 0.29) is 17.7 Å². The van der Waals surface area contributed by atoms with Crippen LogP contribution in [-0.2, 0) is 4.79 Å². The summed E-state index contributed by atoms with van der Waals surface area (Å²) < 4.78 is 0. The van der Waals surface area contributed by atoms with E-state index in [9.17, 15) is 9.59 Å². The third kappa shape index (κ3) is 3.97. The summed E-state index contributed by atoms with van der Waals surface area (Å²) in [6.07, 6.45) is 0. The van der Waals surface area contributed by atoms with E-state index in [1.807, 2.05) is 27.7 Å². The van der Waals surface area contributed by atoms with Gasteiger partial charge in [0.15, 0.2) is 0 Å². The molecule has 1 rings (SSSR count). The van der Waals surface area contributed by atoms with E-state index in [4.69, 9.17) is 11.6 Å². The maximum atomic E-state index is 12.2. The Hall–Kier alpha value is -1.55. The molecule has 110 valence electrons. The van der Waals surface area contributed by atoms with E-state index in [0.717, 1.165) is 0 Å². The number of nitrogens with zero attached hydrogens (tertiary/aromatic N) is 1. The Morgan fingerprint density at radius 2 is 1.85 bits per heavy atom. The molecule has 4 nitrogen and oxygen atoms in total. The molecule has 0 aromatic heterocycles. The number of hydrogen-bond acceptors (Lipinski definition) is 2. The first-order valence-corrected chi connectivity index (χ1v) is 7.18. The molecule has 0 fully saturated rings. The van der Waals surface area contributed by atoms with Crippen molar-refractivity contribution < 1.29 is 9.59 Å². The first-order valence-electron chi connectivity index (χ1n) is 6.80. The highest BCUT2D eigenvalue weighted by atomic mass is 35.5. The lowest BCUT2D eigenvalue weighted by Crippen LogP contribution is -2.30. The molecule has 0 spiro atoms. The van der Waals surface area contributed by atoms with E-state index >= 15 is 0 Å². The van der Waals surface area contributed by atoms with Gasteiger partial charge in [-0.05, 0) is 32.0 Å². The SMILES string of the molecule is CCN(CC)C(=O)c1ccc(NC(=O)C(C)C)cc1Cl. The normalized spacial score (nSPS) is 10.5. The Morgan fingerprint density at radius 3 is 2.30 bits per heavy atom. The second kappa shape index (κ2) is 7.29. The van der Waals surface area contributed by atoms with Crippen LogP contribution in [0.5, 0.6) is 0 Å². The molecule has 0 unspecified atom stereocenters. The first-order chi connectivity index (χ1) is 9.40. The minimum atomic E-state index is -0.106. The molecule has 1 N–H and O–H groups in total. The van der Waals surface area contributed by atoms with Crippen LogP contribution in [0, 0.1) is 5.92 Å². The average molecular weight is 297 g/mol. The molecule has 5 heteroatoms. The van der Waals surface area contributed by atoms with Crippen molar-refractivity contribution >= 4 is 29.1 Å². The molecule has 1 aromatic rings. The third-order valence-electron chi connectivity index (χ3n) is 3.04. The second-order valence-electron chi connectivity index (χ2n) is 4.82. The van der Waals surface area contributed by atoms with Crippen molar-refractivity contribution in [1.82, 2.24) is 4.90 Å². The van der Waals surface area contributed by atoms with Crippen molar-refractivity contribution in [3.8, 4) is 0 Å². The van der Waals surface area contributed by atoms with Crippen LogP contribution in [0.1, 0.15) is 38.1 Å². The fourth-order valence-corrected chi connectivity index (χ4v) is 2.00. The molecular formula is C15H21ClN2O2. The number of benzene rings is 1. The fourth-order valence-electron chi connectivity index (χ4n) is 1.73. The molecule has 0 atom stereocenters. The largest absolute Gasteiger partial charge is 0.339 e. The molecule has 0 saturated carbocycles. The van der Waals surface area contributed by atoms with Crippen LogP contribution in [-0.4, -0.2) is 29.8 Å². The Kier molecular flexibility index (Phi) is 6.02. The standard InChI is InChI=1S/C15H21ClN2O2/c1-5-18(6-2)15(20)12-8-7-11(9-13(12)16)17-14(19)10(3)4/h7-10H,5-6H2,1-4H3,(H,17,19). The summed E-state index contributed by atoms with van der Waals surface area (Å²) in [7, 11) is 0. The summed E-state index contributed by atoms with van der Waals surface area (Å²) in [6.45, 7) is 8.75. The van der Waals surface area contributed by atoms with Crippen molar-refractivity contribution in [2.75, 3.05) is 18.4 Å². The number of carbonyl (C=O) groups excluding carboxylic acids is 2. The summed E-state index contributed by atoms with van der Waals surface area (Å²) in [5, 5.41) is 3.11. The first kappa shape index (κ1) is 16.5. The van der Waals surface area contributed by atoms with E-state index in [2.05, 4.69) is 5.32 Å². The Morgan fingerprint density at radius 1 is 1.25 bits per heavy atom. The lowest BCUT2D eigenvalue weighted by molar-refractivity contribution is -0.118. The zero-order valence-electron chi connectivity index (χ0n) is 12.4. The van der Waals surface area contributed by atoms with Gasteiger partial charge in [-0.3, -0.25) is 9.59 Å². The number of amides is 2. The van der Waals surface area contributed by atoms with Gasteiger partial charge in [0, 0.05) is 24.7 Å². The molecule has 0 bridgehead atoms. The minimum Gasteiger partial charge on any atom is -0.339 e. The van der Waals surface area contributed by atoms with Gasteiger partial charge in [0.05, 0.1) is 10.6 Å². The maximum absolute atomic E-state index is 12.2. The van der Waals surface area contributed by atoms with E-state index in [1.54, 1.807) is 23.1 Å². The van der Waals surface area contributed by atoms with Gasteiger partial charge in [0.1, 0.15) is 0 Å². The number of halogens is 1. The number of nitrogens with one attached hydrogen (secondary N) is 1. The summed E-state index contributed by atoms with van der Waals surface area (Å²) in [5.74, 6) is -0.281. The van der Waals surface area contributed by atoms with Gasteiger partial charge < -0.3 is 10.2 Å². The minimum absolute atomic E-state index is 0.0797. The fraction of sp³-hybridized carbons (Fsp3) is 0.467. The second-order valence-corrected chi connectivity index (χ2v) is 5.22. The Balaban J connectivity index is 2.93. The predicted octanol–water partition coefficient (Wildman–Crippen LogP) is 3.42. The molecule has 0 saturated heterocycles. The van der Waals surface area contributed by atoms with E-state index < -0.39 is 0 Å². The number of anilines is 1.